The molecular weight excluding hydrogens is 479 g/mol. The van der Waals surface area contributed by atoms with Crippen LogP contribution in [0.3, 0.4) is 0 Å². The molecule has 0 spiro atoms. The van der Waals surface area contributed by atoms with Crippen LogP contribution in [0.5, 0.6) is 0 Å². The first-order chi connectivity index (χ1) is 15.3. The highest BCUT2D eigenvalue weighted by Gasteiger charge is 2.34. The lowest BCUT2D eigenvalue weighted by molar-refractivity contribution is -0.137. The van der Waals surface area contributed by atoms with E-state index in [1.54, 1.807) is 27.8 Å². The van der Waals surface area contributed by atoms with E-state index < -0.39 is 32.5 Å². The first-order valence-corrected chi connectivity index (χ1v) is 11.6. The van der Waals surface area contributed by atoms with Crippen molar-refractivity contribution in [1.82, 2.24) is 19.6 Å². The summed E-state index contributed by atoms with van der Waals surface area (Å²) in [6.07, 6.45) is -1.42. The molecule has 0 N–H and O–H groups in total. The summed E-state index contributed by atoms with van der Waals surface area (Å²) in [7, 11) is -0.181. The number of aromatic nitrogens is 4. The van der Waals surface area contributed by atoms with Crippen LogP contribution in [0.1, 0.15) is 56.5 Å². The number of hydrogen-bond acceptors (Lipinski definition) is 4. The second-order valence-corrected chi connectivity index (χ2v) is 11.2. The van der Waals surface area contributed by atoms with Gasteiger partial charge in [-0.05, 0) is 45.7 Å². The molecule has 0 radical (unpaired) electrons. The summed E-state index contributed by atoms with van der Waals surface area (Å²) >= 11 is 5.95. The van der Waals surface area contributed by atoms with Crippen molar-refractivity contribution in [2.75, 3.05) is 0 Å². The minimum absolute atomic E-state index is 0.0441. The highest BCUT2D eigenvalue weighted by molar-refractivity contribution is 7.85. The predicted octanol–water partition coefficient (Wildman–Crippen LogP) is 4.44. The number of hydrogen-bond donors (Lipinski definition) is 0. The Morgan fingerprint density at radius 3 is 2.45 bits per heavy atom. The summed E-state index contributed by atoms with van der Waals surface area (Å²) in [5.74, 6) is 0. The van der Waals surface area contributed by atoms with Gasteiger partial charge in [0.1, 0.15) is 16.7 Å². The highest BCUT2D eigenvalue weighted by atomic mass is 35.5. The lowest BCUT2D eigenvalue weighted by Gasteiger charge is -2.16. The van der Waals surface area contributed by atoms with E-state index in [0.717, 1.165) is 25.0 Å². The standard InChI is InChI=1S/C21H21ClF3N5O2S/c1-20(2,3)33(32)28-16(11-5-8-14(15(22)9-11)21(23,24)25)18-13-10-26-30(12-6-7-12)19(31)17(13)27-29(18)4/h5,8-10,12H,6-7H2,1-4H3/b28-16+. The second-order valence-electron chi connectivity index (χ2n) is 8.85. The number of halogens is 4. The van der Waals surface area contributed by atoms with Gasteiger partial charge in [-0.1, -0.05) is 17.7 Å². The molecule has 7 nitrogen and oxygen atoms in total. The van der Waals surface area contributed by atoms with Crippen LogP contribution in [0.4, 0.5) is 13.2 Å². The van der Waals surface area contributed by atoms with Crippen LogP contribution in [0.25, 0.3) is 10.9 Å². The predicted molar refractivity (Wildman–Crippen MR) is 121 cm³/mol. The molecule has 1 unspecified atom stereocenters. The van der Waals surface area contributed by atoms with Gasteiger partial charge in [-0.2, -0.15) is 27.8 Å². The van der Waals surface area contributed by atoms with E-state index in [-0.39, 0.29) is 28.4 Å². The SMILES string of the molecule is Cn1nc2c(=O)n(C3CC3)ncc2c1/C(=N/S(=O)C(C)(C)C)c1ccc(C(F)(F)F)c(Cl)c1. The zero-order valence-corrected chi connectivity index (χ0v) is 19.8. The molecule has 3 aromatic rings. The Morgan fingerprint density at radius 2 is 1.91 bits per heavy atom. The molecule has 1 aliphatic rings. The van der Waals surface area contributed by atoms with Crippen LogP contribution in [-0.4, -0.2) is 34.2 Å². The summed E-state index contributed by atoms with van der Waals surface area (Å²) in [6, 6.07) is 3.23. The van der Waals surface area contributed by atoms with Crippen LogP contribution >= 0.6 is 11.6 Å². The number of benzene rings is 1. The van der Waals surface area contributed by atoms with Crippen LogP contribution in [0.15, 0.2) is 33.6 Å². The van der Waals surface area contributed by atoms with E-state index in [4.69, 9.17) is 11.6 Å². The normalized spacial score (nSPS) is 16.4. The van der Waals surface area contributed by atoms with Crippen molar-refractivity contribution in [2.45, 2.75) is 50.6 Å². The van der Waals surface area contributed by atoms with E-state index in [9.17, 15) is 22.2 Å². The smallest absolute Gasteiger partial charge is 0.265 e. The maximum absolute atomic E-state index is 13.2. The Hall–Kier alpha value is -2.53. The van der Waals surface area contributed by atoms with Gasteiger partial charge in [0.2, 0.25) is 0 Å². The maximum atomic E-state index is 13.2. The molecule has 1 aromatic carbocycles. The molecule has 1 saturated carbocycles. The summed E-state index contributed by atoms with van der Waals surface area (Å²) in [5.41, 5.74) is -0.574. The van der Waals surface area contributed by atoms with E-state index in [1.165, 1.54) is 21.6 Å². The zero-order chi connectivity index (χ0) is 24.3. The van der Waals surface area contributed by atoms with Crippen molar-refractivity contribution in [2.24, 2.45) is 11.4 Å². The monoisotopic (exact) mass is 499 g/mol. The van der Waals surface area contributed by atoms with Gasteiger partial charge in [0, 0.05) is 12.6 Å². The van der Waals surface area contributed by atoms with Crippen molar-refractivity contribution >= 4 is 39.2 Å². The minimum Gasteiger partial charge on any atom is -0.265 e. The summed E-state index contributed by atoms with van der Waals surface area (Å²) in [6.45, 7) is 5.17. The molecular formula is C21H21ClF3N5O2S. The third-order valence-electron chi connectivity index (χ3n) is 5.17. The molecule has 0 amide bonds. The maximum Gasteiger partial charge on any atom is 0.417 e. The van der Waals surface area contributed by atoms with Gasteiger partial charge >= 0.3 is 6.18 Å². The Kier molecular flexibility index (Phi) is 5.76. The van der Waals surface area contributed by atoms with Crippen LogP contribution in [0.2, 0.25) is 5.02 Å². The molecule has 0 aliphatic heterocycles. The average molecular weight is 500 g/mol. The first kappa shape index (κ1) is 23.6. The fourth-order valence-corrected chi connectivity index (χ4v) is 4.23. The number of nitrogens with zero attached hydrogens (tertiary/aromatic N) is 5. The second kappa shape index (κ2) is 8.05. The highest BCUT2D eigenvalue weighted by Crippen LogP contribution is 2.36. The average Bonchev–Trinajstić information content (AvgIpc) is 3.47. The molecule has 4 rings (SSSR count). The van der Waals surface area contributed by atoms with Crippen LogP contribution in [-0.2, 0) is 24.2 Å². The van der Waals surface area contributed by atoms with Gasteiger partial charge < -0.3 is 0 Å². The third kappa shape index (κ3) is 4.48. The van der Waals surface area contributed by atoms with Crippen molar-refractivity contribution in [3.05, 3.63) is 56.6 Å². The fraction of sp³-hybridized carbons (Fsp3) is 0.429. The lowest BCUT2D eigenvalue weighted by Crippen LogP contribution is -2.23. The molecule has 2 heterocycles. The van der Waals surface area contributed by atoms with Crippen molar-refractivity contribution in [1.29, 1.82) is 0 Å². The number of rotatable bonds is 4. The summed E-state index contributed by atoms with van der Waals surface area (Å²) in [4.78, 5) is 12.9. The summed E-state index contributed by atoms with van der Waals surface area (Å²) in [5, 5.41) is 8.43. The van der Waals surface area contributed by atoms with Gasteiger partial charge in [0.15, 0.2) is 5.52 Å². The van der Waals surface area contributed by atoms with E-state index >= 15 is 0 Å². The minimum atomic E-state index is -4.63. The summed E-state index contributed by atoms with van der Waals surface area (Å²) < 4.78 is 59.0. The molecule has 12 heteroatoms. The van der Waals surface area contributed by atoms with Crippen LogP contribution in [0, 0.1) is 0 Å². The van der Waals surface area contributed by atoms with Crippen molar-refractivity contribution < 1.29 is 17.4 Å². The molecule has 1 aliphatic carbocycles. The lowest BCUT2D eigenvalue weighted by atomic mass is 10.0. The van der Waals surface area contributed by atoms with Gasteiger partial charge in [-0.3, -0.25) is 9.48 Å². The quantitative estimate of drug-likeness (QED) is 0.497. The molecule has 176 valence electrons. The molecule has 0 bridgehead atoms. The Bertz CT molecular complexity index is 1370. The molecule has 2 aromatic heterocycles. The largest absolute Gasteiger partial charge is 0.417 e. The Labute approximate surface area is 194 Å². The van der Waals surface area contributed by atoms with Crippen LogP contribution < -0.4 is 5.56 Å². The molecule has 1 atom stereocenters. The number of alkyl halides is 3. The van der Waals surface area contributed by atoms with Gasteiger partial charge in [0.25, 0.3) is 5.56 Å². The fourth-order valence-electron chi connectivity index (χ4n) is 3.31. The third-order valence-corrected chi connectivity index (χ3v) is 6.88. The van der Waals surface area contributed by atoms with E-state index in [1.807, 2.05) is 0 Å². The van der Waals surface area contributed by atoms with Gasteiger partial charge in [-0.15, -0.1) is 0 Å². The number of fused-ring (bicyclic) bond motifs is 1. The van der Waals surface area contributed by atoms with Crippen molar-refractivity contribution in [3.63, 3.8) is 0 Å². The van der Waals surface area contributed by atoms with Gasteiger partial charge in [0.05, 0.1) is 38.7 Å². The van der Waals surface area contributed by atoms with E-state index in [2.05, 4.69) is 14.6 Å². The van der Waals surface area contributed by atoms with E-state index in [0.29, 0.717) is 11.1 Å². The Balaban J connectivity index is 1.96. The Morgan fingerprint density at radius 1 is 1.24 bits per heavy atom. The molecule has 33 heavy (non-hydrogen) atoms. The van der Waals surface area contributed by atoms with Gasteiger partial charge in [-0.25, -0.2) is 8.89 Å². The first-order valence-electron chi connectivity index (χ1n) is 10.1. The zero-order valence-electron chi connectivity index (χ0n) is 18.3. The molecule has 1 fully saturated rings. The molecule has 0 saturated heterocycles. The number of aryl methyl sites for hydroxylation is 1. The van der Waals surface area contributed by atoms with Crippen molar-refractivity contribution in [3.8, 4) is 0 Å². The topological polar surface area (TPSA) is 82.1 Å².